The predicted molar refractivity (Wildman–Crippen MR) is 173 cm³/mol. The smallest absolute Gasteiger partial charge is 0.339 e. The summed E-state index contributed by atoms with van der Waals surface area (Å²) in [7, 11) is 0. The Bertz CT molecular complexity index is 1410. The van der Waals surface area contributed by atoms with Crippen molar-refractivity contribution < 1.29 is 24.2 Å². The van der Waals surface area contributed by atoms with Crippen LogP contribution in [0.25, 0.3) is 0 Å². The number of ether oxygens (including phenoxy) is 2. The van der Waals surface area contributed by atoms with E-state index >= 15 is 0 Å². The molecule has 1 heterocycles. The number of carboxylic acid groups (broad SMARTS) is 1. The van der Waals surface area contributed by atoms with Gasteiger partial charge in [0, 0.05) is 39.6 Å². The average Bonchev–Trinajstić information content (AvgIpc) is 3.05. The number of nitrogens with zero attached hydrogens (tertiary/aromatic N) is 2. The molecule has 1 N–H and O–H groups in total. The van der Waals surface area contributed by atoms with Crippen molar-refractivity contribution in [3.05, 3.63) is 150 Å². The number of rotatable bonds is 11. The fourth-order valence-electron chi connectivity index (χ4n) is 4.92. The Kier molecular flexibility index (Phi) is 12.7. The van der Waals surface area contributed by atoms with Crippen molar-refractivity contribution in [2.75, 3.05) is 39.3 Å². The SMILES string of the molecule is C(=C\N1CCN(CCOC(c2ccccc2)c2ccccc2)CC1)/Cc1ccccc1.CC(=O)Oc1ccccc1C(=O)O. The molecule has 4 aromatic carbocycles. The molecule has 0 unspecified atom stereocenters. The number of carboxylic acids is 1. The van der Waals surface area contributed by atoms with Crippen molar-refractivity contribution in [3.63, 3.8) is 0 Å². The van der Waals surface area contributed by atoms with Gasteiger partial charge >= 0.3 is 11.9 Å². The van der Waals surface area contributed by atoms with Crippen molar-refractivity contribution in [2.45, 2.75) is 19.4 Å². The van der Waals surface area contributed by atoms with Crippen LogP contribution >= 0.6 is 0 Å². The average molecular weight is 593 g/mol. The maximum absolute atomic E-state index is 10.6. The van der Waals surface area contributed by atoms with E-state index in [0.717, 1.165) is 45.8 Å². The topological polar surface area (TPSA) is 79.3 Å². The number of carbonyl (C=O) groups is 2. The molecule has 0 aromatic heterocycles. The number of piperazine rings is 1. The molecule has 0 spiro atoms. The Morgan fingerprint density at radius 1 is 0.773 bits per heavy atom. The minimum Gasteiger partial charge on any atom is -0.478 e. The van der Waals surface area contributed by atoms with E-state index in [2.05, 4.69) is 118 Å². The fraction of sp³-hybridized carbons (Fsp3) is 0.243. The third-order valence-corrected chi connectivity index (χ3v) is 7.19. The minimum atomic E-state index is -1.11. The van der Waals surface area contributed by atoms with Gasteiger partial charge in [0.15, 0.2) is 0 Å². The first-order chi connectivity index (χ1) is 21.5. The second-order valence-corrected chi connectivity index (χ2v) is 10.4. The molecule has 228 valence electrons. The fourth-order valence-corrected chi connectivity index (χ4v) is 4.92. The highest BCUT2D eigenvalue weighted by Crippen LogP contribution is 2.25. The summed E-state index contributed by atoms with van der Waals surface area (Å²) in [5.41, 5.74) is 3.77. The highest BCUT2D eigenvalue weighted by Gasteiger charge is 2.17. The number of allylic oxidation sites excluding steroid dienone is 1. The Morgan fingerprint density at radius 3 is 1.89 bits per heavy atom. The van der Waals surface area contributed by atoms with Crippen LogP contribution in [-0.2, 0) is 16.0 Å². The van der Waals surface area contributed by atoms with Gasteiger partial charge in [-0.05, 0) is 41.4 Å². The monoisotopic (exact) mass is 592 g/mol. The summed E-state index contributed by atoms with van der Waals surface area (Å²) < 4.78 is 11.1. The Hall–Kier alpha value is -4.72. The molecule has 1 aliphatic rings. The lowest BCUT2D eigenvalue weighted by molar-refractivity contribution is -0.131. The Balaban J connectivity index is 0.000000285. The first-order valence-corrected chi connectivity index (χ1v) is 14.9. The molecule has 1 fully saturated rings. The molecular weight excluding hydrogens is 552 g/mol. The van der Waals surface area contributed by atoms with Crippen molar-refractivity contribution in [1.29, 1.82) is 0 Å². The zero-order valence-electron chi connectivity index (χ0n) is 25.1. The molecule has 0 radical (unpaired) electrons. The molecular formula is C37H40N2O5. The van der Waals surface area contributed by atoms with Crippen LogP contribution in [0, 0.1) is 0 Å². The van der Waals surface area contributed by atoms with Gasteiger partial charge in [0.2, 0.25) is 0 Å². The zero-order chi connectivity index (χ0) is 31.0. The Morgan fingerprint density at radius 2 is 1.32 bits per heavy atom. The lowest BCUT2D eigenvalue weighted by atomic mass is 10.0. The van der Waals surface area contributed by atoms with Crippen LogP contribution in [0.2, 0.25) is 0 Å². The van der Waals surface area contributed by atoms with Crippen LogP contribution in [0.3, 0.4) is 0 Å². The van der Waals surface area contributed by atoms with Gasteiger partial charge in [-0.1, -0.05) is 109 Å². The molecule has 1 aliphatic heterocycles. The van der Waals surface area contributed by atoms with E-state index in [1.165, 1.54) is 35.7 Å². The molecule has 4 aromatic rings. The number of benzene rings is 4. The first-order valence-electron chi connectivity index (χ1n) is 14.9. The maximum Gasteiger partial charge on any atom is 0.339 e. The Labute approximate surface area is 260 Å². The lowest BCUT2D eigenvalue weighted by Gasteiger charge is -2.34. The van der Waals surface area contributed by atoms with Crippen LogP contribution in [0.15, 0.2) is 128 Å². The van der Waals surface area contributed by atoms with Crippen molar-refractivity contribution in [2.24, 2.45) is 0 Å². The minimum absolute atomic E-state index is 0.00962. The molecule has 0 saturated carbocycles. The molecule has 7 nitrogen and oxygen atoms in total. The van der Waals surface area contributed by atoms with E-state index in [1.54, 1.807) is 12.1 Å². The normalized spacial score (nSPS) is 13.4. The third-order valence-electron chi connectivity index (χ3n) is 7.19. The highest BCUT2D eigenvalue weighted by atomic mass is 16.5. The van der Waals surface area contributed by atoms with Crippen LogP contribution in [0.4, 0.5) is 0 Å². The molecule has 7 heteroatoms. The maximum atomic E-state index is 10.6. The lowest BCUT2D eigenvalue weighted by Crippen LogP contribution is -2.45. The van der Waals surface area contributed by atoms with Gasteiger partial charge in [0.25, 0.3) is 0 Å². The van der Waals surface area contributed by atoms with Crippen molar-refractivity contribution in [3.8, 4) is 5.75 Å². The molecule has 0 amide bonds. The first kappa shape index (κ1) is 32.2. The molecule has 5 rings (SSSR count). The summed E-state index contributed by atoms with van der Waals surface area (Å²) in [6.07, 6.45) is 5.53. The molecule has 1 saturated heterocycles. The van der Waals surface area contributed by atoms with E-state index in [0.29, 0.717) is 0 Å². The van der Waals surface area contributed by atoms with Gasteiger partial charge in [-0.25, -0.2) is 4.79 Å². The number of para-hydroxylation sites is 1. The van der Waals surface area contributed by atoms with E-state index in [-0.39, 0.29) is 17.4 Å². The standard InChI is InChI=1S/C28H32N2O.C9H8O4/c1-4-11-25(12-5-1)13-10-18-29-19-21-30(22-20-29)23-24-31-28(26-14-6-2-7-15-26)27-16-8-3-9-17-27;1-6(10)13-8-5-3-2-4-7(8)9(11)12/h1-12,14-18,28H,13,19-24H2;2-5H,1H3,(H,11,12)/b18-10+;. The molecule has 0 atom stereocenters. The molecule has 44 heavy (non-hydrogen) atoms. The molecule has 0 aliphatic carbocycles. The summed E-state index contributed by atoms with van der Waals surface area (Å²) in [5, 5.41) is 8.69. The summed E-state index contributed by atoms with van der Waals surface area (Å²) in [6.45, 7) is 7.24. The highest BCUT2D eigenvalue weighted by molar-refractivity contribution is 5.91. The van der Waals surface area contributed by atoms with Gasteiger partial charge in [0.05, 0.1) is 6.61 Å². The van der Waals surface area contributed by atoms with Gasteiger partial charge in [-0.3, -0.25) is 9.69 Å². The quantitative estimate of drug-likeness (QED) is 0.158. The van der Waals surface area contributed by atoms with Gasteiger partial charge in [-0.15, -0.1) is 0 Å². The number of hydrogen-bond acceptors (Lipinski definition) is 6. The van der Waals surface area contributed by atoms with Crippen LogP contribution in [-0.4, -0.2) is 66.2 Å². The van der Waals surface area contributed by atoms with Gasteiger partial charge in [0.1, 0.15) is 17.4 Å². The van der Waals surface area contributed by atoms with Crippen molar-refractivity contribution >= 4 is 11.9 Å². The van der Waals surface area contributed by atoms with Crippen LogP contribution < -0.4 is 4.74 Å². The van der Waals surface area contributed by atoms with Crippen molar-refractivity contribution in [1.82, 2.24) is 9.80 Å². The number of carbonyl (C=O) groups excluding carboxylic acids is 1. The number of esters is 1. The zero-order valence-corrected chi connectivity index (χ0v) is 25.1. The second-order valence-electron chi connectivity index (χ2n) is 10.4. The van der Waals surface area contributed by atoms with Crippen LogP contribution in [0.5, 0.6) is 5.75 Å². The van der Waals surface area contributed by atoms with Gasteiger partial charge < -0.3 is 19.5 Å². The number of aromatic carboxylic acids is 1. The largest absolute Gasteiger partial charge is 0.478 e. The summed E-state index contributed by atoms with van der Waals surface area (Å²) in [5.74, 6) is -1.58. The summed E-state index contributed by atoms with van der Waals surface area (Å²) in [4.78, 5) is 26.1. The predicted octanol–water partition coefficient (Wildman–Crippen LogP) is 6.48. The van der Waals surface area contributed by atoms with Gasteiger partial charge in [-0.2, -0.15) is 0 Å². The molecule has 0 bridgehead atoms. The summed E-state index contributed by atoms with van der Waals surface area (Å²) in [6, 6.07) is 37.7. The van der Waals surface area contributed by atoms with E-state index in [4.69, 9.17) is 9.84 Å². The van der Waals surface area contributed by atoms with E-state index < -0.39 is 11.9 Å². The van der Waals surface area contributed by atoms with E-state index in [1.807, 2.05) is 0 Å². The summed E-state index contributed by atoms with van der Waals surface area (Å²) >= 11 is 0. The second kappa shape index (κ2) is 17.4. The third kappa shape index (κ3) is 10.5. The number of hydrogen-bond donors (Lipinski definition) is 1. The van der Waals surface area contributed by atoms with E-state index in [9.17, 15) is 9.59 Å². The van der Waals surface area contributed by atoms with Crippen LogP contribution in [0.1, 0.15) is 40.1 Å².